The molecule has 0 aromatic heterocycles. The zero-order valence-electron chi connectivity index (χ0n) is 13.7. The topological polar surface area (TPSA) is 78.4 Å². The van der Waals surface area contributed by atoms with Crippen LogP contribution in [0, 0.1) is 0 Å². The van der Waals surface area contributed by atoms with Crippen LogP contribution in [0.5, 0.6) is 0 Å². The lowest BCUT2D eigenvalue weighted by Crippen LogP contribution is -2.36. The van der Waals surface area contributed by atoms with Crippen molar-refractivity contribution in [2.45, 2.75) is 0 Å². The van der Waals surface area contributed by atoms with Crippen LogP contribution in [0.2, 0.25) is 0 Å². The Hall–Kier alpha value is -3.18. The Bertz CT molecular complexity index is 753. The Morgan fingerprint density at radius 2 is 1.60 bits per heavy atom. The van der Waals surface area contributed by atoms with Gasteiger partial charge in [-0.15, -0.1) is 0 Å². The molecule has 2 amide bonds. The third kappa shape index (κ3) is 6.08. The SMILES string of the molecule is O=C(NCCO)/C(=C/C=C/c1ccccc1)NC(=O)c1ccccc1. The predicted molar refractivity (Wildman–Crippen MR) is 97.6 cm³/mol. The largest absolute Gasteiger partial charge is 0.395 e. The summed E-state index contributed by atoms with van der Waals surface area (Å²) in [6, 6.07) is 18.2. The Morgan fingerprint density at radius 1 is 0.960 bits per heavy atom. The predicted octanol–water partition coefficient (Wildman–Crippen LogP) is 2.12. The molecule has 5 nitrogen and oxygen atoms in total. The lowest BCUT2D eigenvalue weighted by Gasteiger charge is -2.09. The van der Waals surface area contributed by atoms with Crippen molar-refractivity contribution in [1.29, 1.82) is 0 Å². The Kier molecular flexibility index (Phi) is 7.15. The number of hydrogen-bond donors (Lipinski definition) is 3. The van der Waals surface area contributed by atoms with Crippen LogP contribution in [0.15, 0.2) is 78.5 Å². The fraction of sp³-hybridized carbons (Fsp3) is 0.100. The lowest BCUT2D eigenvalue weighted by molar-refractivity contribution is -0.117. The quantitative estimate of drug-likeness (QED) is 0.535. The van der Waals surface area contributed by atoms with Crippen molar-refractivity contribution in [3.8, 4) is 0 Å². The molecule has 0 fully saturated rings. The van der Waals surface area contributed by atoms with Crippen LogP contribution in [0.4, 0.5) is 0 Å². The molecular formula is C20H20N2O3. The Balaban J connectivity index is 2.14. The van der Waals surface area contributed by atoms with Gasteiger partial charge in [0, 0.05) is 12.1 Å². The van der Waals surface area contributed by atoms with Gasteiger partial charge in [-0.1, -0.05) is 60.7 Å². The zero-order chi connectivity index (χ0) is 17.9. The number of aliphatic hydroxyl groups is 1. The second-order valence-corrected chi connectivity index (χ2v) is 5.15. The molecule has 0 spiro atoms. The van der Waals surface area contributed by atoms with Crippen LogP contribution >= 0.6 is 0 Å². The maximum absolute atomic E-state index is 12.3. The number of amides is 2. The van der Waals surface area contributed by atoms with Gasteiger partial charge in [-0.25, -0.2) is 0 Å². The monoisotopic (exact) mass is 336 g/mol. The van der Waals surface area contributed by atoms with Gasteiger partial charge in [0.15, 0.2) is 0 Å². The molecule has 2 rings (SSSR count). The summed E-state index contributed by atoms with van der Waals surface area (Å²) < 4.78 is 0. The third-order valence-corrected chi connectivity index (χ3v) is 3.28. The number of carbonyl (C=O) groups is 2. The molecule has 0 unspecified atom stereocenters. The highest BCUT2D eigenvalue weighted by atomic mass is 16.3. The molecule has 0 bridgehead atoms. The van der Waals surface area contributed by atoms with Gasteiger partial charge < -0.3 is 15.7 Å². The standard InChI is InChI=1S/C20H20N2O3/c23-15-14-21-20(25)18(13-7-10-16-8-3-1-4-9-16)22-19(24)17-11-5-2-6-12-17/h1-13,23H,14-15H2,(H,21,25)(H,22,24)/b10-7+,18-13-. The van der Waals surface area contributed by atoms with Gasteiger partial charge in [0.2, 0.25) is 0 Å². The lowest BCUT2D eigenvalue weighted by atomic mass is 10.2. The Morgan fingerprint density at radius 3 is 2.24 bits per heavy atom. The van der Waals surface area contributed by atoms with E-state index in [1.54, 1.807) is 30.3 Å². The molecule has 0 atom stereocenters. The van der Waals surface area contributed by atoms with E-state index in [0.717, 1.165) is 5.56 Å². The van der Waals surface area contributed by atoms with Crippen molar-refractivity contribution < 1.29 is 14.7 Å². The van der Waals surface area contributed by atoms with Gasteiger partial charge in [0.25, 0.3) is 11.8 Å². The molecule has 3 N–H and O–H groups in total. The highest BCUT2D eigenvalue weighted by molar-refractivity contribution is 6.03. The first-order valence-corrected chi connectivity index (χ1v) is 7.89. The summed E-state index contributed by atoms with van der Waals surface area (Å²) >= 11 is 0. The van der Waals surface area contributed by atoms with Gasteiger partial charge in [0.1, 0.15) is 5.70 Å². The van der Waals surface area contributed by atoms with Gasteiger partial charge in [-0.2, -0.15) is 0 Å². The second-order valence-electron chi connectivity index (χ2n) is 5.15. The minimum atomic E-state index is -0.462. The zero-order valence-corrected chi connectivity index (χ0v) is 13.7. The molecule has 5 heteroatoms. The molecule has 0 aliphatic heterocycles. The molecule has 0 saturated carbocycles. The highest BCUT2D eigenvalue weighted by Gasteiger charge is 2.13. The summed E-state index contributed by atoms with van der Waals surface area (Å²) in [6.07, 6.45) is 5.04. The van der Waals surface area contributed by atoms with Crippen LogP contribution in [0.1, 0.15) is 15.9 Å². The van der Waals surface area contributed by atoms with E-state index in [0.29, 0.717) is 5.56 Å². The molecule has 0 radical (unpaired) electrons. The van der Waals surface area contributed by atoms with Crippen LogP contribution in [-0.4, -0.2) is 30.1 Å². The molecule has 2 aromatic rings. The number of nitrogens with one attached hydrogen (secondary N) is 2. The van der Waals surface area contributed by atoms with E-state index in [1.807, 2.05) is 42.5 Å². The van der Waals surface area contributed by atoms with Crippen molar-refractivity contribution in [3.05, 3.63) is 89.6 Å². The van der Waals surface area contributed by atoms with Crippen molar-refractivity contribution in [2.75, 3.05) is 13.2 Å². The summed E-state index contributed by atoms with van der Waals surface area (Å²) in [5.41, 5.74) is 1.54. The minimum Gasteiger partial charge on any atom is -0.395 e. The van der Waals surface area contributed by atoms with E-state index in [-0.39, 0.29) is 24.8 Å². The third-order valence-electron chi connectivity index (χ3n) is 3.28. The van der Waals surface area contributed by atoms with E-state index < -0.39 is 5.91 Å². The maximum atomic E-state index is 12.3. The van der Waals surface area contributed by atoms with Crippen LogP contribution in [0.25, 0.3) is 6.08 Å². The first-order valence-electron chi connectivity index (χ1n) is 7.89. The molecule has 0 aliphatic carbocycles. The van der Waals surface area contributed by atoms with Crippen molar-refractivity contribution in [2.24, 2.45) is 0 Å². The molecule has 128 valence electrons. The van der Waals surface area contributed by atoms with Crippen LogP contribution in [-0.2, 0) is 4.79 Å². The molecular weight excluding hydrogens is 316 g/mol. The first-order chi connectivity index (χ1) is 12.2. The molecule has 2 aromatic carbocycles. The summed E-state index contributed by atoms with van der Waals surface area (Å²) in [5.74, 6) is -0.838. The maximum Gasteiger partial charge on any atom is 0.267 e. The van der Waals surface area contributed by atoms with E-state index in [1.165, 1.54) is 6.08 Å². The molecule has 0 heterocycles. The molecule has 0 saturated heterocycles. The first kappa shape index (κ1) is 18.2. The number of aliphatic hydroxyl groups excluding tert-OH is 1. The number of rotatable bonds is 7. The fourth-order valence-electron chi connectivity index (χ4n) is 2.04. The summed E-state index contributed by atoms with van der Waals surface area (Å²) in [7, 11) is 0. The number of carbonyl (C=O) groups excluding carboxylic acids is 2. The number of allylic oxidation sites excluding steroid dienone is 2. The summed E-state index contributed by atoms with van der Waals surface area (Å²) in [4.78, 5) is 24.4. The second kappa shape index (κ2) is 9.85. The average molecular weight is 336 g/mol. The molecule has 25 heavy (non-hydrogen) atoms. The van der Waals surface area contributed by atoms with Gasteiger partial charge >= 0.3 is 0 Å². The summed E-state index contributed by atoms with van der Waals surface area (Å²) in [5, 5.41) is 14.0. The summed E-state index contributed by atoms with van der Waals surface area (Å²) in [6.45, 7) is -0.0642. The smallest absolute Gasteiger partial charge is 0.267 e. The minimum absolute atomic E-state index is 0.106. The van der Waals surface area contributed by atoms with Gasteiger partial charge in [0.05, 0.1) is 6.61 Å². The van der Waals surface area contributed by atoms with E-state index in [2.05, 4.69) is 10.6 Å². The van der Waals surface area contributed by atoms with Gasteiger partial charge in [-0.3, -0.25) is 9.59 Å². The van der Waals surface area contributed by atoms with Crippen molar-refractivity contribution in [1.82, 2.24) is 10.6 Å². The van der Waals surface area contributed by atoms with Crippen LogP contribution in [0.3, 0.4) is 0 Å². The van der Waals surface area contributed by atoms with Crippen LogP contribution < -0.4 is 10.6 Å². The highest BCUT2D eigenvalue weighted by Crippen LogP contribution is 2.04. The molecule has 0 aliphatic rings. The normalized spacial score (nSPS) is 11.3. The van der Waals surface area contributed by atoms with E-state index in [4.69, 9.17) is 5.11 Å². The van der Waals surface area contributed by atoms with E-state index >= 15 is 0 Å². The fourth-order valence-corrected chi connectivity index (χ4v) is 2.04. The van der Waals surface area contributed by atoms with E-state index in [9.17, 15) is 9.59 Å². The van der Waals surface area contributed by atoms with Gasteiger partial charge in [-0.05, 0) is 23.8 Å². The number of benzene rings is 2. The average Bonchev–Trinajstić information content (AvgIpc) is 2.66. The van der Waals surface area contributed by atoms with Crippen molar-refractivity contribution in [3.63, 3.8) is 0 Å². The van der Waals surface area contributed by atoms with Crippen molar-refractivity contribution >= 4 is 17.9 Å². The number of hydrogen-bond acceptors (Lipinski definition) is 3. The Labute approximate surface area is 146 Å².